The maximum absolute atomic E-state index is 13.1. The van der Waals surface area contributed by atoms with Gasteiger partial charge in [-0.3, -0.25) is 18.8 Å². The molecule has 0 aromatic carbocycles. The van der Waals surface area contributed by atoms with Crippen LogP contribution in [0.2, 0.25) is 0 Å². The van der Waals surface area contributed by atoms with Crippen LogP contribution in [0.1, 0.15) is 29.3 Å². The van der Waals surface area contributed by atoms with Crippen molar-refractivity contribution < 1.29 is 18.4 Å². The van der Waals surface area contributed by atoms with Crippen molar-refractivity contribution in [2.45, 2.75) is 19.9 Å². The molecule has 1 atom stereocenters. The van der Waals surface area contributed by atoms with E-state index in [1.54, 1.807) is 58.6 Å². The fourth-order valence-electron chi connectivity index (χ4n) is 4.11. The zero-order chi connectivity index (χ0) is 21.7. The number of aromatic nitrogens is 3. The maximum atomic E-state index is 13.1. The Kier molecular flexibility index (Phi) is 4.42. The van der Waals surface area contributed by atoms with Crippen LogP contribution >= 0.6 is 0 Å². The highest BCUT2D eigenvalue weighted by atomic mass is 16.3. The van der Waals surface area contributed by atoms with Gasteiger partial charge in [0.2, 0.25) is 5.91 Å². The molecule has 5 rings (SSSR count). The average Bonchev–Trinajstić information content (AvgIpc) is 3.52. The zero-order valence-corrected chi connectivity index (χ0v) is 17.1. The van der Waals surface area contributed by atoms with Crippen LogP contribution < -0.4 is 5.56 Å². The predicted octanol–water partition coefficient (Wildman–Crippen LogP) is 1.69. The normalized spacial score (nSPS) is 15.7. The molecule has 0 saturated carbocycles. The third kappa shape index (κ3) is 3.02. The Hall–Kier alpha value is -3.82. The number of carbonyl (C=O) groups excluding carboxylic acids is 2. The van der Waals surface area contributed by atoms with E-state index in [0.717, 1.165) is 5.52 Å². The lowest BCUT2D eigenvalue weighted by molar-refractivity contribution is -0.136. The lowest BCUT2D eigenvalue weighted by Gasteiger charge is -2.35. The van der Waals surface area contributed by atoms with Gasteiger partial charge in [-0.1, -0.05) is 0 Å². The Labute approximate surface area is 176 Å². The first kappa shape index (κ1) is 19.2. The summed E-state index contributed by atoms with van der Waals surface area (Å²) in [6.07, 6.45) is 3.02. The van der Waals surface area contributed by atoms with Crippen molar-refractivity contribution >= 4 is 28.4 Å². The van der Waals surface area contributed by atoms with Gasteiger partial charge in [-0.15, -0.1) is 0 Å². The second-order valence-corrected chi connectivity index (χ2v) is 7.60. The molecule has 1 fully saturated rings. The number of hydrogen-bond donors (Lipinski definition) is 0. The molecule has 1 aliphatic rings. The summed E-state index contributed by atoms with van der Waals surface area (Å²) in [5.74, 6) is 0.463. The van der Waals surface area contributed by atoms with Crippen LogP contribution in [-0.4, -0.2) is 62.0 Å². The predicted molar refractivity (Wildman–Crippen MR) is 110 cm³/mol. The van der Waals surface area contributed by atoms with Crippen molar-refractivity contribution in [3.63, 3.8) is 0 Å². The molecule has 5 heterocycles. The quantitative estimate of drug-likeness (QED) is 0.496. The minimum absolute atomic E-state index is 0.193. The van der Waals surface area contributed by atoms with E-state index in [9.17, 15) is 14.4 Å². The molecule has 0 N–H and O–H groups in total. The topological polar surface area (TPSA) is 106 Å². The molecule has 10 nitrogen and oxygen atoms in total. The second kappa shape index (κ2) is 7.15. The fourth-order valence-corrected chi connectivity index (χ4v) is 4.11. The number of furan rings is 2. The molecule has 4 aromatic heterocycles. The molecule has 4 aromatic rings. The van der Waals surface area contributed by atoms with Crippen molar-refractivity contribution in [1.29, 1.82) is 0 Å². The Morgan fingerprint density at radius 3 is 2.48 bits per heavy atom. The number of fused-ring (bicyclic) bond motifs is 3. The molecule has 160 valence electrons. The van der Waals surface area contributed by atoms with Crippen molar-refractivity contribution in [2.24, 2.45) is 0 Å². The SMILES string of the molecule is Cc1nn(C(C)C(=O)N2CCN(C(=O)c3ccco3)CC2)c(=O)c2cc3occc3n12. The van der Waals surface area contributed by atoms with E-state index in [1.807, 2.05) is 0 Å². The molecule has 2 amide bonds. The van der Waals surface area contributed by atoms with Crippen LogP contribution in [0.15, 0.2) is 50.4 Å². The van der Waals surface area contributed by atoms with Crippen LogP contribution in [0.25, 0.3) is 16.6 Å². The van der Waals surface area contributed by atoms with E-state index in [4.69, 9.17) is 8.83 Å². The van der Waals surface area contributed by atoms with E-state index in [0.29, 0.717) is 43.1 Å². The monoisotopic (exact) mass is 423 g/mol. The van der Waals surface area contributed by atoms with Gasteiger partial charge in [0.05, 0.1) is 18.0 Å². The molecule has 0 aliphatic carbocycles. The molecule has 0 bridgehead atoms. The van der Waals surface area contributed by atoms with Gasteiger partial charge in [0, 0.05) is 38.3 Å². The summed E-state index contributed by atoms with van der Waals surface area (Å²) in [4.78, 5) is 41.9. The van der Waals surface area contributed by atoms with E-state index >= 15 is 0 Å². The fraction of sp³-hybridized carbons (Fsp3) is 0.333. The van der Waals surface area contributed by atoms with Gasteiger partial charge < -0.3 is 18.6 Å². The smallest absolute Gasteiger partial charge is 0.291 e. The van der Waals surface area contributed by atoms with Crippen molar-refractivity contribution in [1.82, 2.24) is 24.0 Å². The van der Waals surface area contributed by atoms with Gasteiger partial charge in [-0.05, 0) is 26.0 Å². The molecule has 0 spiro atoms. The summed E-state index contributed by atoms with van der Waals surface area (Å²) >= 11 is 0. The Morgan fingerprint density at radius 1 is 1.03 bits per heavy atom. The first-order chi connectivity index (χ1) is 15.0. The largest absolute Gasteiger partial charge is 0.463 e. The van der Waals surface area contributed by atoms with Crippen LogP contribution in [-0.2, 0) is 4.79 Å². The van der Waals surface area contributed by atoms with Crippen molar-refractivity contribution in [3.8, 4) is 0 Å². The van der Waals surface area contributed by atoms with E-state index in [-0.39, 0.29) is 23.1 Å². The highest BCUT2D eigenvalue weighted by Gasteiger charge is 2.30. The molecular formula is C21H21N5O5. The number of piperazine rings is 1. The number of carbonyl (C=O) groups is 2. The molecule has 1 saturated heterocycles. The summed E-state index contributed by atoms with van der Waals surface area (Å²) in [5.41, 5.74) is 1.41. The molecule has 31 heavy (non-hydrogen) atoms. The number of amides is 2. The second-order valence-electron chi connectivity index (χ2n) is 7.60. The minimum atomic E-state index is -0.773. The van der Waals surface area contributed by atoms with Gasteiger partial charge >= 0.3 is 0 Å². The van der Waals surface area contributed by atoms with Gasteiger partial charge in [-0.2, -0.15) is 5.10 Å². The third-order valence-corrected chi connectivity index (χ3v) is 5.76. The van der Waals surface area contributed by atoms with Crippen molar-refractivity contribution in [2.75, 3.05) is 26.2 Å². The van der Waals surface area contributed by atoms with E-state index < -0.39 is 6.04 Å². The van der Waals surface area contributed by atoms with Crippen LogP contribution in [0.5, 0.6) is 0 Å². The van der Waals surface area contributed by atoms with Gasteiger partial charge in [0.15, 0.2) is 11.3 Å². The molecule has 1 aliphatic heterocycles. The van der Waals surface area contributed by atoms with Gasteiger partial charge in [0.1, 0.15) is 17.4 Å². The average molecular weight is 423 g/mol. The Morgan fingerprint density at radius 2 is 1.77 bits per heavy atom. The Bertz CT molecular complexity index is 1340. The third-order valence-electron chi connectivity index (χ3n) is 5.76. The van der Waals surface area contributed by atoms with Gasteiger partial charge in [-0.25, -0.2) is 4.68 Å². The number of nitrogens with zero attached hydrogens (tertiary/aromatic N) is 5. The lowest BCUT2D eigenvalue weighted by Crippen LogP contribution is -2.52. The molecule has 1 unspecified atom stereocenters. The summed E-state index contributed by atoms with van der Waals surface area (Å²) in [6, 6.07) is 5.96. The maximum Gasteiger partial charge on any atom is 0.291 e. The first-order valence-electron chi connectivity index (χ1n) is 10.1. The first-order valence-corrected chi connectivity index (χ1v) is 10.1. The van der Waals surface area contributed by atoms with Crippen LogP contribution in [0.3, 0.4) is 0 Å². The highest BCUT2D eigenvalue weighted by Crippen LogP contribution is 2.21. The summed E-state index contributed by atoms with van der Waals surface area (Å²) in [6.45, 7) is 5.00. The molecule has 10 heteroatoms. The minimum Gasteiger partial charge on any atom is -0.463 e. The molecule has 0 radical (unpaired) electrons. The number of rotatable bonds is 3. The highest BCUT2D eigenvalue weighted by molar-refractivity contribution is 5.91. The Balaban J connectivity index is 1.36. The lowest BCUT2D eigenvalue weighted by atomic mass is 10.2. The van der Waals surface area contributed by atoms with Gasteiger partial charge in [0.25, 0.3) is 11.5 Å². The summed E-state index contributed by atoms with van der Waals surface area (Å²) < 4.78 is 13.5. The van der Waals surface area contributed by atoms with E-state index in [1.165, 1.54) is 10.9 Å². The standard InChI is InChI=1S/C21H21N5O5/c1-13(19(27)23-6-8-24(9-7-23)21(29)17-4-3-10-30-17)26-20(28)16-12-18-15(5-11-31-18)25(16)14(2)22-26/h3-5,10-13H,6-9H2,1-2H3. The molecular weight excluding hydrogens is 402 g/mol. The number of aryl methyl sites for hydroxylation is 1. The number of hydrogen-bond acceptors (Lipinski definition) is 6. The zero-order valence-electron chi connectivity index (χ0n) is 17.1. The van der Waals surface area contributed by atoms with Crippen LogP contribution in [0, 0.1) is 6.92 Å². The summed E-state index contributed by atoms with van der Waals surface area (Å²) in [7, 11) is 0. The van der Waals surface area contributed by atoms with Crippen molar-refractivity contribution in [3.05, 3.63) is 58.7 Å². The van der Waals surface area contributed by atoms with E-state index in [2.05, 4.69) is 5.10 Å². The van der Waals surface area contributed by atoms with Crippen LogP contribution in [0.4, 0.5) is 0 Å². The summed E-state index contributed by atoms with van der Waals surface area (Å²) in [5, 5.41) is 4.40.